The van der Waals surface area contributed by atoms with Gasteiger partial charge in [-0.3, -0.25) is 0 Å². The van der Waals surface area contributed by atoms with Crippen LogP contribution in [0.5, 0.6) is 0 Å². The van der Waals surface area contributed by atoms with Crippen molar-refractivity contribution in [3.05, 3.63) is 29.3 Å². The third kappa shape index (κ3) is 3.44. The van der Waals surface area contributed by atoms with Crippen LogP contribution in [0.25, 0.3) is 0 Å². The Balaban J connectivity index is 2.29. The maximum atomic E-state index is 14.2. The molecule has 4 heteroatoms. The molecular weight excluding hydrogens is 246 g/mol. The van der Waals surface area contributed by atoms with Crippen molar-refractivity contribution in [3.63, 3.8) is 0 Å². The van der Waals surface area contributed by atoms with E-state index >= 15 is 0 Å². The summed E-state index contributed by atoms with van der Waals surface area (Å²) in [7, 11) is 0. The zero-order valence-corrected chi connectivity index (χ0v) is 11.6. The lowest BCUT2D eigenvalue weighted by molar-refractivity contribution is 0.562. The maximum absolute atomic E-state index is 14.2. The Morgan fingerprint density at radius 2 is 1.89 bits per heavy atom. The summed E-state index contributed by atoms with van der Waals surface area (Å²) in [6.07, 6.45) is 3.43. The summed E-state index contributed by atoms with van der Waals surface area (Å²) in [5.41, 5.74) is 6.44. The summed E-state index contributed by atoms with van der Waals surface area (Å²) >= 11 is 0. The molecular formula is C15H22F2N2. The van der Waals surface area contributed by atoms with E-state index in [1.165, 1.54) is 12.1 Å². The highest BCUT2D eigenvalue weighted by Gasteiger charge is 2.32. The molecule has 1 saturated carbocycles. The lowest BCUT2D eigenvalue weighted by Gasteiger charge is -2.25. The Morgan fingerprint density at radius 3 is 2.32 bits per heavy atom. The van der Waals surface area contributed by atoms with Crippen molar-refractivity contribution in [1.82, 2.24) is 0 Å². The standard InChI is InChI=1S/C15H22F2N2/c1-3-6-19(12-4-5-12)15-13(16)8-11(7-10(2)18)9-14(15)17/h8-10,12H,3-7,18H2,1-2H3. The van der Waals surface area contributed by atoms with Gasteiger partial charge in [0.25, 0.3) is 0 Å². The lowest BCUT2D eigenvalue weighted by Crippen LogP contribution is -2.28. The predicted molar refractivity (Wildman–Crippen MR) is 74.4 cm³/mol. The molecule has 0 radical (unpaired) electrons. The van der Waals surface area contributed by atoms with Gasteiger partial charge >= 0.3 is 0 Å². The third-order valence-electron chi connectivity index (χ3n) is 3.37. The molecule has 0 amide bonds. The summed E-state index contributed by atoms with van der Waals surface area (Å²) in [6.45, 7) is 4.55. The minimum atomic E-state index is -0.462. The van der Waals surface area contributed by atoms with E-state index in [-0.39, 0.29) is 11.7 Å². The summed E-state index contributed by atoms with van der Waals surface area (Å²) < 4.78 is 28.4. The minimum absolute atomic E-state index is 0.0974. The Hall–Kier alpha value is -1.16. The molecule has 1 aromatic carbocycles. The van der Waals surface area contributed by atoms with Crippen LogP contribution in [-0.2, 0) is 6.42 Å². The van der Waals surface area contributed by atoms with Crippen molar-refractivity contribution in [2.24, 2.45) is 5.73 Å². The molecule has 1 unspecified atom stereocenters. The highest BCUT2D eigenvalue weighted by molar-refractivity contribution is 5.52. The zero-order chi connectivity index (χ0) is 14.0. The molecule has 1 fully saturated rings. The second kappa shape index (κ2) is 5.87. The summed E-state index contributed by atoms with van der Waals surface area (Å²) in [6, 6.07) is 3.06. The Bertz CT molecular complexity index is 419. The average molecular weight is 268 g/mol. The van der Waals surface area contributed by atoms with Gasteiger partial charge in [0, 0.05) is 18.6 Å². The number of hydrogen-bond donors (Lipinski definition) is 1. The van der Waals surface area contributed by atoms with Gasteiger partial charge in [-0.2, -0.15) is 0 Å². The minimum Gasteiger partial charge on any atom is -0.364 e. The Kier molecular flexibility index (Phi) is 4.40. The molecule has 0 bridgehead atoms. The highest BCUT2D eigenvalue weighted by Crippen LogP contribution is 2.35. The zero-order valence-electron chi connectivity index (χ0n) is 11.6. The molecule has 0 aromatic heterocycles. The van der Waals surface area contributed by atoms with Crippen molar-refractivity contribution >= 4 is 5.69 Å². The van der Waals surface area contributed by atoms with E-state index in [1.807, 2.05) is 18.7 Å². The summed E-state index contributed by atoms with van der Waals surface area (Å²) in [5, 5.41) is 0. The largest absolute Gasteiger partial charge is 0.364 e. The van der Waals surface area contributed by atoms with Crippen LogP contribution in [0.3, 0.4) is 0 Å². The molecule has 0 spiro atoms. The second-order valence-corrected chi connectivity index (χ2v) is 5.51. The topological polar surface area (TPSA) is 29.3 Å². The van der Waals surface area contributed by atoms with Crippen molar-refractivity contribution < 1.29 is 8.78 Å². The van der Waals surface area contributed by atoms with Crippen LogP contribution in [0.15, 0.2) is 12.1 Å². The maximum Gasteiger partial charge on any atom is 0.149 e. The van der Waals surface area contributed by atoms with E-state index in [1.54, 1.807) is 0 Å². The van der Waals surface area contributed by atoms with Gasteiger partial charge < -0.3 is 10.6 Å². The Labute approximate surface area is 113 Å². The molecule has 0 heterocycles. The van der Waals surface area contributed by atoms with Crippen molar-refractivity contribution in [3.8, 4) is 0 Å². The van der Waals surface area contributed by atoms with E-state index in [9.17, 15) is 8.78 Å². The molecule has 1 atom stereocenters. The second-order valence-electron chi connectivity index (χ2n) is 5.51. The molecule has 19 heavy (non-hydrogen) atoms. The fraction of sp³-hybridized carbons (Fsp3) is 0.600. The van der Waals surface area contributed by atoms with Gasteiger partial charge in [0.2, 0.25) is 0 Å². The first-order chi connectivity index (χ1) is 9.02. The van der Waals surface area contributed by atoms with Crippen LogP contribution in [-0.4, -0.2) is 18.6 Å². The quantitative estimate of drug-likeness (QED) is 0.858. The number of rotatable bonds is 6. The van der Waals surface area contributed by atoms with Crippen molar-refractivity contribution in [2.75, 3.05) is 11.4 Å². The van der Waals surface area contributed by atoms with Crippen LogP contribution in [0.4, 0.5) is 14.5 Å². The van der Waals surface area contributed by atoms with Crippen molar-refractivity contribution in [1.29, 1.82) is 0 Å². The molecule has 1 aromatic rings. The first kappa shape index (κ1) is 14.3. The van der Waals surface area contributed by atoms with Gasteiger partial charge in [-0.15, -0.1) is 0 Å². The fourth-order valence-corrected chi connectivity index (χ4v) is 2.49. The molecule has 1 aliphatic rings. The normalized spacial score (nSPS) is 16.5. The SMILES string of the molecule is CCCN(c1c(F)cc(CC(C)N)cc1F)C1CC1. The number of nitrogens with two attached hydrogens (primary N) is 1. The van der Waals surface area contributed by atoms with E-state index < -0.39 is 11.6 Å². The monoisotopic (exact) mass is 268 g/mol. The van der Waals surface area contributed by atoms with Crippen LogP contribution < -0.4 is 10.6 Å². The van der Waals surface area contributed by atoms with Gasteiger partial charge in [-0.05, 0) is 50.3 Å². The number of anilines is 1. The van der Waals surface area contributed by atoms with Gasteiger partial charge in [0.05, 0.1) is 0 Å². The number of benzene rings is 1. The van der Waals surface area contributed by atoms with Crippen molar-refractivity contribution in [2.45, 2.75) is 51.6 Å². The summed E-state index contributed by atoms with van der Waals surface area (Å²) in [4.78, 5) is 1.88. The molecule has 0 saturated heterocycles. The van der Waals surface area contributed by atoms with Gasteiger partial charge in [-0.25, -0.2) is 8.78 Å². The van der Waals surface area contributed by atoms with Gasteiger partial charge in [0.15, 0.2) is 0 Å². The van der Waals surface area contributed by atoms with Gasteiger partial charge in [-0.1, -0.05) is 6.92 Å². The van der Waals surface area contributed by atoms with E-state index in [4.69, 9.17) is 5.73 Å². The van der Waals surface area contributed by atoms with E-state index in [2.05, 4.69) is 0 Å². The molecule has 2 rings (SSSR count). The predicted octanol–water partition coefficient (Wildman–Crippen LogP) is 3.23. The highest BCUT2D eigenvalue weighted by atomic mass is 19.1. The average Bonchev–Trinajstić information content (AvgIpc) is 3.09. The van der Waals surface area contributed by atoms with Crippen LogP contribution >= 0.6 is 0 Å². The molecule has 2 N–H and O–H groups in total. The molecule has 0 aliphatic heterocycles. The molecule has 106 valence electrons. The van der Waals surface area contributed by atoms with Crippen LogP contribution in [0, 0.1) is 11.6 Å². The Morgan fingerprint density at radius 1 is 1.32 bits per heavy atom. The smallest absolute Gasteiger partial charge is 0.149 e. The van der Waals surface area contributed by atoms with E-state index in [0.717, 1.165) is 19.3 Å². The summed E-state index contributed by atoms with van der Waals surface area (Å²) in [5.74, 6) is -0.924. The number of hydrogen-bond acceptors (Lipinski definition) is 2. The third-order valence-corrected chi connectivity index (χ3v) is 3.37. The fourth-order valence-electron chi connectivity index (χ4n) is 2.49. The molecule has 1 aliphatic carbocycles. The molecule has 2 nitrogen and oxygen atoms in total. The first-order valence-electron chi connectivity index (χ1n) is 7.03. The lowest BCUT2D eigenvalue weighted by atomic mass is 10.1. The van der Waals surface area contributed by atoms with Crippen LogP contribution in [0.1, 0.15) is 38.7 Å². The van der Waals surface area contributed by atoms with Gasteiger partial charge in [0.1, 0.15) is 17.3 Å². The van der Waals surface area contributed by atoms with Crippen LogP contribution in [0.2, 0.25) is 0 Å². The first-order valence-corrected chi connectivity index (χ1v) is 7.03. The number of halogens is 2. The van der Waals surface area contributed by atoms with E-state index in [0.29, 0.717) is 24.6 Å². The number of nitrogens with zero attached hydrogens (tertiary/aromatic N) is 1.